The van der Waals surface area contributed by atoms with Crippen LogP contribution in [0, 0.1) is 5.41 Å². The molecule has 1 aromatic carbocycles. The molecular weight excluding hydrogens is 292 g/mol. The minimum absolute atomic E-state index is 0.377. The third-order valence-electron chi connectivity index (χ3n) is 2.08. The molecule has 0 atom stereocenters. The van der Waals surface area contributed by atoms with Crippen molar-refractivity contribution in [2.24, 2.45) is 4.99 Å². The van der Waals surface area contributed by atoms with Crippen molar-refractivity contribution in [1.29, 1.82) is 5.41 Å². The van der Waals surface area contributed by atoms with E-state index in [1.54, 1.807) is 30.3 Å². The van der Waals surface area contributed by atoms with Gasteiger partial charge in [-0.1, -0.05) is 42.1 Å². The second kappa shape index (κ2) is 9.18. The molecule has 5 heteroatoms. The third kappa shape index (κ3) is 5.91. The van der Waals surface area contributed by atoms with Gasteiger partial charge in [0.2, 0.25) is 0 Å². The van der Waals surface area contributed by atoms with Gasteiger partial charge in [-0.25, -0.2) is 4.99 Å². The highest BCUT2D eigenvalue weighted by atomic mass is 35.5. The fourth-order valence-corrected chi connectivity index (χ4v) is 1.79. The molecule has 104 valence electrons. The van der Waals surface area contributed by atoms with Gasteiger partial charge in [0.15, 0.2) is 6.40 Å². The third-order valence-corrected chi connectivity index (χ3v) is 3.21. The minimum Gasteiger partial charge on any atom is -0.446 e. The van der Waals surface area contributed by atoms with Crippen molar-refractivity contribution in [1.82, 2.24) is 0 Å². The molecule has 1 rings (SSSR count). The van der Waals surface area contributed by atoms with Gasteiger partial charge in [0, 0.05) is 16.8 Å². The molecule has 0 bridgehead atoms. The molecule has 0 amide bonds. The van der Waals surface area contributed by atoms with Crippen LogP contribution in [0.25, 0.3) is 0 Å². The van der Waals surface area contributed by atoms with Gasteiger partial charge in [0.05, 0.1) is 5.04 Å². The molecule has 0 unspecified atom stereocenters. The van der Waals surface area contributed by atoms with Crippen molar-refractivity contribution in [3.63, 3.8) is 0 Å². The molecule has 0 fully saturated rings. The summed E-state index contributed by atoms with van der Waals surface area (Å²) in [7, 11) is 0. The first kappa shape index (κ1) is 16.3. The second-order valence-electron chi connectivity index (χ2n) is 3.53. The van der Waals surface area contributed by atoms with Gasteiger partial charge < -0.3 is 4.74 Å². The first-order chi connectivity index (χ1) is 9.67. The molecule has 0 aliphatic heterocycles. The van der Waals surface area contributed by atoms with Crippen LogP contribution >= 0.6 is 23.4 Å². The lowest BCUT2D eigenvalue weighted by Crippen LogP contribution is -1.92. The average molecular weight is 307 g/mol. The highest BCUT2D eigenvalue weighted by Gasteiger charge is 1.99. The van der Waals surface area contributed by atoms with Crippen LogP contribution in [-0.4, -0.2) is 11.4 Å². The van der Waals surface area contributed by atoms with Crippen LogP contribution in [0.15, 0.2) is 65.2 Å². The molecule has 0 saturated heterocycles. The molecule has 0 spiro atoms. The van der Waals surface area contributed by atoms with E-state index in [0.29, 0.717) is 21.4 Å². The Morgan fingerprint density at radius 3 is 2.70 bits per heavy atom. The van der Waals surface area contributed by atoms with Crippen molar-refractivity contribution in [2.75, 3.05) is 0 Å². The smallest absolute Gasteiger partial charge is 0.181 e. The quantitative estimate of drug-likeness (QED) is 0.453. The Labute approximate surface area is 128 Å². The standard InChI is InChI=1S/C15H15ClN2OS/c1-3-9-20-15(17)12(4-2)10-18-11-19-14-7-5-13(16)6-8-14/h3-11,17H,2H2,1H3/b9-3+,12-10+,17-15?,18-11+. The summed E-state index contributed by atoms with van der Waals surface area (Å²) in [5.74, 6) is 0.644. The maximum Gasteiger partial charge on any atom is 0.181 e. The van der Waals surface area contributed by atoms with Crippen LogP contribution in [0.3, 0.4) is 0 Å². The zero-order chi connectivity index (χ0) is 14.8. The van der Waals surface area contributed by atoms with Crippen molar-refractivity contribution < 1.29 is 4.74 Å². The number of halogens is 1. The van der Waals surface area contributed by atoms with E-state index in [4.69, 9.17) is 21.7 Å². The minimum atomic E-state index is 0.377. The van der Waals surface area contributed by atoms with Gasteiger partial charge in [-0.15, -0.1) is 0 Å². The Hall–Kier alpha value is -1.78. The summed E-state index contributed by atoms with van der Waals surface area (Å²) < 4.78 is 5.30. The predicted molar refractivity (Wildman–Crippen MR) is 89.0 cm³/mol. The zero-order valence-electron chi connectivity index (χ0n) is 11.0. The van der Waals surface area contributed by atoms with Gasteiger partial charge in [0.25, 0.3) is 0 Å². The van der Waals surface area contributed by atoms with Gasteiger partial charge in [-0.3, -0.25) is 5.41 Å². The Bertz CT molecular complexity index is 547. The topological polar surface area (TPSA) is 45.4 Å². The number of hydrogen-bond acceptors (Lipinski definition) is 4. The van der Waals surface area contributed by atoms with E-state index in [1.807, 2.05) is 18.4 Å². The largest absolute Gasteiger partial charge is 0.446 e. The van der Waals surface area contributed by atoms with Gasteiger partial charge in [-0.05, 0) is 36.6 Å². The number of ether oxygens (including phenoxy) is 1. The molecule has 0 heterocycles. The molecule has 0 saturated carbocycles. The Morgan fingerprint density at radius 1 is 1.40 bits per heavy atom. The average Bonchev–Trinajstić information content (AvgIpc) is 2.46. The van der Waals surface area contributed by atoms with E-state index in [0.717, 1.165) is 0 Å². The zero-order valence-corrected chi connectivity index (χ0v) is 12.6. The summed E-state index contributed by atoms with van der Waals surface area (Å²) in [6, 6.07) is 6.96. The molecule has 0 aliphatic carbocycles. The normalized spacial score (nSPS) is 12.0. The molecule has 0 radical (unpaired) electrons. The summed E-state index contributed by atoms with van der Waals surface area (Å²) >= 11 is 7.07. The monoisotopic (exact) mass is 306 g/mol. The Morgan fingerprint density at radius 2 is 2.10 bits per heavy atom. The number of nitrogens with zero attached hydrogens (tertiary/aromatic N) is 1. The molecule has 20 heavy (non-hydrogen) atoms. The molecule has 1 aromatic rings. The summed E-state index contributed by atoms with van der Waals surface area (Å²) in [5.41, 5.74) is 0.629. The first-order valence-electron chi connectivity index (χ1n) is 5.80. The summed E-state index contributed by atoms with van der Waals surface area (Å²) in [5, 5.41) is 10.7. The van der Waals surface area contributed by atoms with Crippen molar-refractivity contribution in [3.05, 3.63) is 65.2 Å². The van der Waals surface area contributed by atoms with Crippen molar-refractivity contribution >= 4 is 34.8 Å². The molecule has 3 nitrogen and oxygen atoms in total. The van der Waals surface area contributed by atoms with E-state index < -0.39 is 0 Å². The van der Waals surface area contributed by atoms with Crippen LogP contribution in [0.5, 0.6) is 5.75 Å². The maximum atomic E-state index is 7.82. The summed E-state index contributed by atoms with van der Waals surface area (Å²) in [6.07, 6.45) is 6.29. The fourth-order valence-electron chi connectivity index (χ4n) is 1.12. The lowest BCUT2D eigenvalue weighted by Gasteiger charge is -2.00. The van der Waals surface area contributed by atoms with E-state index in [2.05, 4.69) is 11.6 Å². The Kier molecular flexibility index (Phi) is 7.47. The number of thioether (sulfide) groups is 1. The molecule has 0 aliphatic rings. The number of aliphatic imine (C=N–C) groups is 1. The SMILES string of the molecule is C=C/C(=C\N=C\Oc1ccc(Cl)cc1)C(=N)S/C=C/C. The van der Waals surface area contributed by atoms with Crippen molar-refractivity contribution in [3.8, 4) is 5.75 Å². The lowest BCUT2D eigenvalue weighted by molar-refractivity contribution is 0.574. The van der Waals surface area contributed by atoms with Gasteiger partial charge in [0.1, 0.15) is 5.75 Å². The summed E-state index contributed by atoms with van der Waals surface area (Å²) in [4.78, 5) is 4.00. The number of benzene rings is 1. The number of hydrogen-bond donors (Lipinski definition) is 1. The number of allylic oxidation sites excluding steroid dienone is 2. The van der Waals surface area contributed by atoms with E-state index in [9.17, 15) is 0 Å². The van der Waals surface area contributed by atoms with Crippen LogP contribution < -0.4 is 4.74 Å². The highest BCUT2D eigenvalue weighted by Crippen LogP contribution is 2.15. The fraction of sp³-hybridized carbons (Fsp3) is 0.0667. The van der Waals surface area contributed by atoms with Crippen LogP contribution in [0.1, 0.15) is 6.92 Å². The molecular formula is C15H15ClN2OS. The van der Waals surface area contributed by atoms with Gasteiger partial charge >= 0.3 is 0 Å². The molecule has 1 N–H and O–H groups in total. The number of rotatable bonds is 6. The van der Waals surface area contributed by atoms with Crippen molar-refractivity contribution in [2.45, 2.75) is 6.92 Å². The van der Waals surface area contributed by atoms with Crippen LogP contribution in [0.2, 0.25) is 5.02 Å². The van der Waals surface area contributed by atoms with Crippen LogP contribution in [-0.2, 0) is 0 Å². The maximum absolute atomic E-state index is 7.82. The predicted octanol–water partition coefficient (Wildman–Crippen LogP) is 5.06. The van der Waals surface area contributed by atoms with Gasteiger partial charge in [-0.2, -0.15) is 0 Å². The summed E-state index contributed by atoms with van der Waals surface area (Å²) in [6.45, 7) is 5.56. The highest BCUT2D eigenvalue weighted by molar-refractivity contribution is 8.16. The number of nitrogens with one attached hydrogen (secondary N) is 1. The second-order valence-corrected chi connectivity index (χ2v) is 4.88. The Balaban J connectivity index is 2.59. The first-order valence-corrected chi connectivity index (χ1v) is 7.06. The van der Waals surface area contributed by atoms with E-state index in [-0.39, 0.29) is 0 Å². The molecule has 0 aromatic heterocycles. The van der Waals surface area contributed by atoms with E-state index in [1.165, 1.54) is 24.4 Å². The van der Waals surface area contributed by atoms with Crippen LogP contribution in [0.4, 0.5) is 0 Å². The lowest BCUT2D eigenvalue weighted by atomic mass is 10.3. The van der Waals surface area contributed by atoms with E-state index >= 15 is 0 Å².